The third-order valence-electron chi connectivity index (χ3n) is 4.12. The Kier molecular flexibility index (Phi) is 2.54. The molecule has 0 saturated heterocycles. The third-order valence-corrected chi connectivity index (χ3v) is 4.12. The van der Waals surface area contributed by atoms with Gasteiger partial charge in [0.1, 0.15) is 5.82 Å². The lowest BCUT2D eigenvalue weighted by molar-refractivity contribution is 0.201. The van der Waals surface area contributed by atoms with Gasteiger partial charge in [-0.25, -0.2) is 4.39 Å². The Hall–Kier alpha value is -1.58. The number of hydrogen-bond acceptors (Lipinski definition) is 3. The van der Waals surface area contributed by atoms with Crippen LogP contribution in [0.1, 0.15) is 30.9 Å². The zero-order valence-electron chi connectivity index (χ0n) is 10.6. The van der Waals surface area contributed by atoms with Gasteiger partial charge in [-0.15, -0.1) is 0 Å². The van der Waals surface area contributed by atoms with Crippen molar-refractivity contribution in [2.45, 2.75) is 31.7 Å². The summed E-state index contributed by atoms with van der Waals surface area (Å²) in [6.07, 6.45) is 2.93. The Bertz CT molecular complexity index is 512. The van der Waals surface area contributed by atoms with Crippen LogP contribution in [0.25, 0.3) is 0 Å². The van der Waals surface area contributed by atoms with Crippen LogP contribution >= 0.6 is 0 Å². The molecule has 4 heteroatoms. The van der Waals surface area contributed by atoms with Crippen molar-refractivity contribution in [3.05, 3.63) is 35.1 Å². The van der Waals surface area contributed by atoms with Gasteiger partial charge in [-0.1, -0.05) is 13.0 Å². The summed E-state index contributed by atoms with van der Waals surface area (Å²) in [6.45, 7) is 3.75. The lowest BCUT2D eigenvalue weighted by Gasteiger charge is -2.37. The van der Waals surface area contributed by atoms with Gasteiger partial charge in [0.25, 0.3) is 0 Å². The SMILES string of the molecule is CCCN1C(N)=NCC12CCc1cc(F)ccc12. The second kappa shape index (κ2) is 3.97. The molecule has 1 unspecified atom stereocenters. The molecule has 1 heterocycles. The highest BCUT2D eigenvalue weighted by molar-refractivity contribution is 5.81. The first-order chi connectivity index (χ1) is 8.67. The maximum absolute atomic E-state index is 13.3. The molecule has 1 aromatic carbocycles. The van der Waals surface area contributed by atoms with E-state index in [1.54, 1.807) is 12.1 Å². The monoisotopic (exact) mass is 247 g/mol. The predicted octanol–water partition coefficient (Wildman–Crippen LogP) is 2.01. The van der Waals surface area contributed by atoms with E-state index in [2.05, 4.69) is 16.8 Å². The first-order valence-corrected chi connectivity index (χ1v) is 6.54. The van der Waals surface area contributed by atoms with Crippen LogP contribution < -0.4 is 5.73 Å². The van der Waals surface area contributed by atoms with E-state index in [4.69, 9.17) is 5.73 Å². The number of halogens is 1. The molecule has 2 aliphatic rings. The second-order valence-electron chi connectivity index (χ2n) is 5.16. The largest absolute Gasteiger partial charge is 0.370 e. The van der Waals surface area contributed by atoms with Gasteiger partial charge in [0.15, 0.2) is 5.96 Å². The Morgan fingerprint density at radius 1 is 1.50 bits per heavy atom. The molecule has 1 spiro atoms. The summed E-state index contributed by atoms with van der Waals surface area (Å²) in [5, 5.41) is 0. The summed E-state index contributed by atoms with van der Waals surface area (Å²) in [7, 11) is 0. The van der Waals surface area contributed by atoms with Gasteiger partial charge < -0.3 is 10.6 Å². The van der Waals surface area contributed by atoms with E-state index in [0.717, 1.165) is 31.4 Å². The van der Waals surface area contributed by atoms with Crippen molar-refractivity contribution in [3.63, 3.8) is 0 Å². The molecule has 0 fully saturated rings. The van der Waals surface area contributed by atoms with Gasteiger partial charge >= 0.3 is 0 Å². The van der Waals surface area contributed by atoms with Gasteiger partial charge in [-0.3, -0.25) is 4.99 Å². The van der Waals surface area contributed by atoms with Gasteiger partial charge in [-0.05, 0) is 42.5 Å². The van der Waals surface area contributed by atoms with Crippen LogP contribution in [0.4, 0.5) is 4.39 Å². The molecule has 0 amide bonds. The van der Waals surface area contributed by atoms with Crippen molar-refractivity contribution in [1.82, 2.24) is 4.90 Å². The standard InChI is InChI=1S/C14H18FN3/c1-2-7-18-13(16)17-9-14(18)6-5-10-8-11(15)3-4-12(10)14/h3-4,8H,2,5-7,9H2,1H3,(H2,16,17). The average molecular weight is 247 g/mol. The molecule has 96 valence electrons. The second-order valence-corrected chi connectivity index (χ2v) is 5.16. The van der Waals surface area contributed by atoms with Crippen LogP contribution in [0.5, 0.6) is 0 Å². The number of fused-ring (bicyclic) bond motifs is 2. The first-order valence-electron chi connectivity index (χ1n) is 6.54. The molecule has 3 rings (SSSR count). The van der Waals surface area contributed by atoms with Crippen molar-refractivity contribution in [2.24, 2.45) is 10.7 Å². The smallest absolute Gasteiger partial charge is 0.192 e. The summed E-state index contributed by atoms with van der Waals surface area (Å²) in [5.74, 6) is 0.480. The summed E-state index contributed by atoms with van der Waals surface area (Å²) >= 11 is 0. The molecule has 3 nitrogen and oxygen atoms in total. The lowest BCUT2D eigenvalue weighted by Crippen LogP contribution is -2.48. The van der Waals surface area contributed by atoms with Crippen molar-refractivity contribution in [1.29, 1.82) is 0 Å². The number of nitrogens with zero attached hydrogens (tertiary/aromatic N) is 2. The van der Waals surface area contributed by atoms with Crippen LogP contribution in [0.2, 0.25) is 0 Å². The molecule has 0 aromatic heterocycles. The molecular weight excluding hydrogens is 229 g/mol. The maximum Gasteiger partial charge on any atom is 0.192 e. The molecule has 1 atom stereocenters. The van der Waals surface area contributed by atoms with E-state index in [-0.39, 0.29) is 11.4 Å². The number of guanidine groups is 1. The fourth-order valence-corrected chi connectivity index (χ4v) is 3.30. The fourth-order valence-electron chi connectivity index (χ4n) is 3.30. The quantitative estimate of drug-likeness (QED) is 0.868. The highest BCUT2D eigenvalue weighted by Gasteiger charge is 2.47. The van der Waals surface area contributed by atoms with E-state index in [1.807, 2.05) is 6.07 Å². The van der Waals surface area contributed by atoms with Crippen molar-refractivity contribution >= 4 is 5.96 Å². The minimum absolute atomic E-state index is 0.108. The molecule has 0 saturated carbocycles. The summed E-state index contributed by atoms with van der Waals surface area (Å²) in [6, 6.07) is 5.11. The molecule has 1 aromatic rings. The van der Waals surface area contributed by atoms with E-state index in [9.17, 15) is 4.39 Å². The Labute approximate surface area is 106 Å². The van der Waals surface area contributed by atoms with Crippen LogP contribution in [0.15, 0.2) is 23.2 Å². The molecule has 0 bridgehead atoms. The molecule has 18 heavy (non-hydrogen) atoms. The van der Waals surface area contributed by atoms with Crippen LogP contribution in [0, 0.1) is 5.82 Å². The number of rotatable bonds is 2. The van der Waals surface area contributed by atoms with Crippen molar-refractivity contribution in [2.75, 3.05) is 13.1 Å². The molecular formula is C14H18FN3. The van der Waals surface area contributed by atoms with Gasteiger partial charge in [0.2, 0.25) is 0 Å². The highest BCUT2D eigenvalue weighted by Crippen LogP contribution is 2.44. The van der Waals surface area contributed by atoms with Crippen LogP contribution in [0.3, 0.4) is 0 Å². The Morgan fingerprint density at radius 2 is 2.33 bits per heavy atom. The van der Waals surface area contributed by atoms with Crippen LogP contribution in [-0.4, -0.2) is 23.9 Å². The first kappa shape index (κ1) is 11.5. The minimum atomic E-state index is -0.153. The summed E-state index contributed by atoms with van der Waals surface area (Å²) in [4.78, 5) is 6.62. The number of aryl methyl sites for hydroxylation is 1. The molecule has 1 aliphatic heterocycles. The Balaban J connectivity index is 2.04. The zero-order valence-corrected chi connectivity index (χ0v) is 10.6. The highest BCUT2D eigenvalue weighted by atomic mass is 19.1. The summed E-state index contributed by atoms with van der Waals surface area (Å²) in [5.41, 5.74) is 8.22. The normalized spacial score (nSPS) is 25.7. The van der Waals surface area contributed by atoms with E-state index >= 15 is 0 Å². The molecule has 1 aliphatic carbocycles. The fraction of sp³-hybridized carbons (Fsp3) is 0.500. The Morgan fingerprint density at radius 3 is 3.11 bits per heavy atom. The van der Waals surface area contributed by atoms with Crippen molar-refractivity contribution < 1.29 is 4.39 Å². The zero-order chi connectivity index (χ0) is 12.8. The van der Waals surface area contributed by atoms with E-state index in [1.165, 1.54) is 5.56 Å². The average Bonchev–Trinajstić information content (AvgIpc) is 2.86. The van der Waals surface area contributed by atoms with E-state index in [0.29, 0.717) is 12.5 Å². The predicted molar refractivity (Wildman–Crippen MR) is 69.9 cm³/mol. The maximum atomic E-state index is 13.3. The van der Waals surface area contributed by atoms with Crippen LogP contribution in [-0.2, 0) is 12.0 Å². The number of hydrogen-bond donors (Lipinski definition) is 1. The van der Waals surface area contributed by atoms with Gasteiger partial charge in [-0.2, -0.15) is 0 Å². The van der Waals surface area contributed by atoms with E-state index < -0.39 is 0 Å². The molecule has 0 radical (unpaired) electrons. The van der Waals surface area contributed by atoms with Gasteiger partial charge in [0, 0.05) is 6.54 Å². The van der Waals surface area contributed by atoms with Gasteiger partial charge in [0.05, 0.1) is 12.1 Å². The number of aliphatic imine (C=N–C) groups is 1. The number of nitrogens with two attached hydrogens (primary N) is 1. The topological polar surface area (TPSA) is 41.6 Å². The molecule has 2 N–H and O–H groups in total. The summed E-state index contributed by atoms with van der Waals surface area (Å²) < 4.78 is 13.3. The lowest BCUT2D eigenvalue weighted by atomic mass is 9.90. The minimum Gasteiger partial charge on any atom is -0.370 e. The third kappa shape index (κ3) is 1.44. The van der Waals surface area contributed by atoms with Crippen molar-refractivity contribution in [3.8, 4) is 0 Å². The number of benzene rings is 1.